The molecule has 0 aromatic heterocycles. The van der Waals surface area contributed by atoms with Crippen molar-refractivity contribution < 1.29 is 14.3 Å². The smallest absolute Gasteiger partial charge is 0.317 e. The molecule has 1 aliphatic carbocycles. The van der Waals surface area contributed by atoms with Crippen molar-refractivity contribution in [1.82, 2.24) is 15.1 Å². The van der Waals surface area contributed by atoms with E-state index in [-0.39, 0.29) is 29.3 Å². The first-order valence-electron chi connectivity index (χ1n) is 7.83. The van der Waals surface area contributed by atoms with Crippen LogP contribution in [0.2, 0.25) is 0 Å². The van der Waals surface area contributed by atoms with Gasteiger partial charge < -0.3 is 19.9 Å². The van der Waals surface area contributed by atoms with Crippen LogP contribution in [-0.4, -0.2) is 68.2 Å². The third-order valence-corrected chi connectivity index (χ3v) is 5.12. The highest BCUT2D eigenvalue weighted by Crippen LogP contribution is 2.48. The van der Waals surface area contributed by atoms with Crippen LogP contribution in [0.1, 0.15) is 25.7 Å². The summed E-state index contributed by atoms with van der Waals surface area (Å²) in [6.45, 7) is 3.03. The minimum Gasteiger partial charge on any atom is -0.381 e. The molecular formula is C15H25N3O3. The molecule has 0 radical (unpaired) electrons. The molecule has 3 rings (SSSR count). The number of nitrogens with one attached hydrogen (secondary N) is 1. The Kier molecular flexibility index (Phi) is 3.82. The Morgan fingerprint density at radius 3 is 2.71 bits per heavy atom. The van der Waals surface area contributed by atoms with Gasteiger partial charge in [-0.05, 0) is 31.1 Å². The summed E-state index contributed by atoms with van der Waals surface area (Å²) >= 11 is 0. The van der Waals surface area contributed by atoms with Crippen LogP contribution in [0.4, 0.5) is 4.79 Å². The molecule has 1 N–H and O–H groups in total. The molecule has 1 atom stereocenters. The first kappa shape index (κ1) is 14.6. The molecule has 1 spiro atoms. The summed E-state index contributed by atoms with van der Waals surface area (Å²) < 4.78 is 5.31. The van der Waals surface area contributed by atoms with E-state index in [1.807, 2.05) is 4.90 Å². The van der Waals surface area contributed by atoms with E-state index < -0.39 is 0 Å². The molecule has 2 aliphatic heterocycles. The van der Waals surface area contributed by atoms with Crippen molar-refractivity contribution in [3.63, 3.8) is 0 Å². The molecule has 3 amide bonds. The standard InChI is InChI=1S/C15H25N3O3/c1-17(2)14(20)16-12-7-15(8-12)4-5-18(10-15)13(19)11-3-6-21-9-11/h11-12H,3-10H2,1-2H3,(H,16,20). The van der Waals surface area contributed by atoms with Gasteiger partial charge in [-0.15, -0.1) is 0 Å². The average Bonchev–Trinajstić information content (AvgIpc) is 3.06. The zero-order chi connectivity index (χ0) is 15.0. The summed E-state index contributed by atoms with van der Waals surface area (Å²) in [4.78, 5) is 27.6. The zero-order valence-electron chi connectivity index (χ0n) is 12.9. The van der Waals surface area contributed by atoms with E-state index in [9.17, 15) is 9.59 Å². The molecule has 3 aliphatic rings. The molecule has 2 saturated heterocycles. The Balaban J connectivity index is 1.47. The number of hydrogen-bond donors (Lipinski definition) is 1. The van der Waals surface area contributed by atoms with Crippen LogP contribution in [0.3, 0.4) is 0 Å². The third kappa shape index (κ3) is 2.86. The number of nitrogens with zero attached hydrogens (tertiary/aromatic N) is 2. The van der Waals surface area contributed by atoms with Gasteiger partial charge in [-0.3, -0.25) is 4.79 Å². The highest BCUT2D eigenvalue weighted by molar-refractivity contribution is 5.79. The Hall–Kier alpha value is -1.30. The van der Waals surface area contributed by atoms with Crippen molar-refractivity contribution in [2.24, 2.45) is 11.3 Å². The van der Waals surface area contributed by atoms with Crippen molar-refractivity contribution in [3.8, 4) is 0 Å². The highest BCUT2D eigenvalue weighted by atomic mass is 16.5. The fourth-order valence-electron chi connectivity index (χ4n) is 3.84. The number of hydrogen-bond acceptors (Lipinski definition) is 3. The second-order valence-electron chi connectivity index (χ2n) is 7.02. The number of likely N-dealkylation sites (tertiary alicyclic amines) is 1. The molecule has 2 heterocycles. The van der Waals surface area contributed by atoms with Gasteiger partial charge in [-0.1, -0.05) is 0 Å². The fourth-order valence-corrected chi connectivity index (χ4v) is 3.84. The second kappa shape index (κ2) is 5.48. The Morgan fingerprint density at radius 1 is 1.33 bits per heavy atom. The summed E-state index contributed by atoms with van der Waals surface area (Å²) in [6.07, 6.45) is 3.93. The minimum atomic E-state index is -0.0242. The Labute approximate surface area is 125 Å². The molecule has 0 aromatic carbocycles. The molecule has 118 valence electrons. The van der Waals surface area contributed by atoms with E-state index in [4.69, 9.17) is 4.74 Å². The van der Waals surface area contributed by atoms with Crippen molar-refractivity contribution in [3.05, 3.63) is 0 Å². The van der Waals surface area contributed by atoms with Crippen molar-refractivity contribution in [2.75, 3.05) is 40.4 Å². The number of amides is 3. The summed E-state index contributed by atoms with van der Waals surface area (Å²) in [7, 11) is 3.51. The fraction of sp³-hybridized carbons (Fsp3) is 0.867. The molecule has 6 heteroatoms. The van der Waals surface area contributed by atoms with E-state index in [0.29, 0.717) is 13.2 Å². The van der Waals surface area contributed by atoms with Crippen molar-refractivity contribution in [2.45, 2.75) is 31.7 Å². The maximum atomic E-state index is 12.4. The topological polar surface area (TPSA) is 61.9 Å². The van der Waals surface area contributed by atoms with Gasteiger partial charge in [0.1, 0.15) is 0 Å². The monoisotopic (exact) mass is 295 g/mol. The predicted octanol–water partition coefficient (Wildman–Crippen LogP) is 0.675. The summed E-state index contributed by atoms with van der Waals surface area (Å²) in [6, 6.07) is 0.244. The normalized spacial score (nSPS) is 34.9. The lowest BCUT2D eigenvalue weighted by molar-refractivity contribution is -0.135. The van der Waals surface area contributed by atoms with Crippen LogP contribution in [-0.2, 0) is 9.53 Å². The lowest BCUT2D eigenvalue weighted by Gasteiger charge is -2.45. The first-order valence-corrected chi connectivity index (χ1v) is 7.83. The molecule has 1 unspecified atom stereocenters. The molecular weight excluding hydrogens is 270 g/mol. The lowest BCUT2D eigenvalue weighted by Crippen LogP contribution is -2.54. The molecule has 21 heavy (non-hydrogen) atoms. The van der Waals surface area contributed by atoms with Gasteiger partial charge in [0.2, 0.25) is 5.91 Å². The van der Waals surface area contributed by atoms with Crippen molar-refractivity contribution in [1.29, 1.82) is 0 Å². The summed E-state index contributed by atoms with van der Waals surface area (Å²) in [5.41, 5.74) is 0.249. The lowest BCUT2D eigenvalue weighted by atomic mass is 9.65. The van der Waals surface area contributed by atoms with Gasteiger partial charge in [0.05, 0.1) is 12.5 Å². The average molecular weight is 295 g/mol. The maximum absolute atomic E-state index is 12.4. The number of ether oxygens (including phenoxy) is 1. The number of carbonyl (C=O) groups is 2. The van der Waals surface area contributed by atoms with E-state index >= 15 is 0 Å². The van der Waals surface area contributed by atoms with Crippen LogP contribution in [0.25, 0.3) is 0 Å². The number of urea groups is 1. The summed E-state index contributed by atoms with van der Waals surface area (Å²) in [5.74, 6) is 0.342. The van der Waals surface area contributed by atoms with Crippen LogP contribution in [0.15, 0.2) is 0 Å². The first-order chi connectivity index (χ1) is 9.99. The van der Waals surface area contributed by atoms with Crippen LogP contribution >= 0.6 is 0 Å². The van der Waals surface area contributed by atoms with Gasteiger partial charge in [-0.2, -0.15) is 0 Å². The SMILES string of the molecule is CN(C)C(=O)NC1CC2(CCN(C(=O)C3CCOC3)C2)C1. The largest absolute Gasteiger partial charge is 0.381 e. The Morgan fingerprint density at radius 2 is 2.10 bits per heavy atom. The predicted molar refractivity (Wildman–Crippen MR) is 77.8 cm³/mol. The van der Waals surface area contributed by atoms with E-state index in [1.54, 1.807) is 19.0 Å². The third-order valence-electron chi connectivity index (χ3n) is 5.12. The van der Waals surface area contributed by atoms with Gasteiger partial charge in [-0.25, -0.2) is 4.79 Å². The van der Waals surface area contributed by atoms with Crippen LogP contribution in [0, 0.1) is 11.3 Å². The van der Waals surface area contributed by atoms with Gasteiger partial charge in [0.25, 0.3) is 0 Å². The van der Waals surface area contributed by atoms with Gasteiger partial charge in [0, 0.05) is 39.8 Å². The van der Waals surface area contributed by atoms with E-state index in [1.165, 1.54) is 0 Å². The van der Waals surface area contributed by atoms with E-state index in [0.717, 1.165) is 38.8 Å². The minimum absolute atomic E-state index is 0.0242. The van der Waals surface area contributed by atoms with Crippen molar-refractivity contribution >= 4 is 11.9 Å². The Bertz CT molecular complexity index is 426. The quantitative estimate of drug-likeness (QED) is 0.815. The van der Waals surface area contributed by atoms with E-state index in [2.05, 4.69) is 5.32 Å². The second-order valence-corrected chi connectivity index (χ2v) is 7.02. The zero-order valence-corrected chi connectivity index (χ0v) is 12.9. The van der Waals surface area contributed by atoms with Crippen LogP contribution in [0.5, 0.6) is 0 Å². The highest BCUT2D eigenvalue weighted by Gasteiger charge is 2.50. The van der Waals surface area contributed by atoms with Gasteiger partial charge >= 0.3 is 6.03 Å². The molecule has 0 aromatic rings. The molecule has 3 fully saturated rings. The maximum Gasteiger partial charge on any atom is 0.317 e. The summed E-state index contributed by atoms with van der Waals surface area (Å²) in [5, 5.41) is 3.03. The number of carbonyl (C=O) groups excluding carboxylic acids is 2. The molecule has 0 bridgehead atoms. The van der Waals surface area contributed by atoms with Crippen LogP contribution < -0.4 is 5.32 Å². The molecule has 6 nitrogen and oxygen atoms in total. The molecule has 1 saturated carbocycles. The number of rotatable bonds is 2. The van der Waals surface area contributed by atoms with Gasteiger partial charge in [0.15, 0.2) is 0 Å².